The van der Waals surface area contributed by atoms with Crippen LogP contribution in [0.1, 0.15) is 58.6 Å². The Morgan fingerprint density at radius 2 is 1.97 bits per heavy atom. The molecule has 0 heterocycles. The van der Waals surface area contributed by atoms with Gasteiger partial charge < -0.3 is 15.4 Å². The maximum atomic E-state index is 12.1. The normalized spacial score (nSPS) is 23.5. The van der Waals surface area contributed by atoms with Crippen LogP contribution in [0.2, 0.25) is 0 Å². The number of hydrogen-bond acceptors (Lipinski definition) is 3. The zero-order valence-electron chi connectivity index (χ0n) is 17.6. The van der Waals surface area contributed by atoms with E-state index in [1.165, 1.54) is 23.1 Å². The van der Waals surface area contributed by atoms with Crippen LogP contribution in [0.15, 0.2) is 42.5 Å². The minimum Gasteiger partial charge on any atom is -0.493 e. The molecule has 1 amide bonds. The van der Waals surface area contributed by atoms with Crippen molar-refractivity contribution in [3.8, 4) is 5.75 Å². The number of carbonyl (C=O) groups excluding carboxylic acids is 1. The highest BCUT2D eigenvalue weighted by molar-refractivity contribution is 5.94. The number of benzene rings is 2. The standard InChI is InChI=1S/C25H32N2O2/c1-27(2)25(28)22-4-3-5-24(15-22)29-16-17-6-7-19-13-20(9-8-18(19)12-17)21-10-11-23(26)14-21/h3-5,8-9,13,15,17,21,23H,6-7,10-12,14,16,26H2,1-2H3. The molecule has 0 aliphatic heterocycles. The summed E-state index contributed by atoms with van der Waals surface area (Å²) in [7, 11) is 3.53. The van der Waals surface area contributed by atoms with E-state index in [-0.39, 0.29) is 5.91 Å². The smallest absolute Gasteiger partial charge is 0.253 e. The summed E-state index contributed by atoms with van der Waals surface area (Å²) < 4.78 is 6.06. The average Bonchev–Trinajstić information content (AvgIpc) is 3.17. The van der Waals surface area contributed by atoms with Crippen LogP contribution in [-0.2, 0) is 12.8 Å². The quantitative estimate of drug-likeness (QED) is 0.831. The molecule has 29 heavy (non-hydrogen) atoms. The van der Waals surface area contributed by atoms with E-state index in [4.69, 9.17) is 10.5 Å². The number of amides is 1. The van der Waals surface area contributed by atoms with E-state index in [0.29, 0.717) is 30.0 Å². The van der Waals surface area contributed by atoms with Crippen molar-refractivity contribution in [1.29, 1.82) is 0 Å². The summed E-state index contributed by atoms with van der Waals surface area (Å²) in [4.78, 5) is 13.7. The van der Waals surface area contributed by atoms with Crippen molar-refractivity contribution in [1.82, 2.24) is 4.90 Å². The molecule has 0 radical (unpaired) electrons. The summed E-state index contributed by atoms with van der Waals surface area (Å²) in [5.41, 5.74) is 11.2. The minimum atomic E-state index is 0.000988. The van der Waals surface area contributed by atoms with E-state index in [9.17, 15) is 4.79 Å². The van der Waals surface area contributed by atoms with Crippen LogP contribution >= 0.6 is 0 Å². The molecule has 1 fully saturated rings. The highest BCUT2D eigenvalue weighted by Crippen LogP contribution is 2.36. The molecule has 154 valence electrons. The average molecular weight is 393 g/mol. The lowest BCUT2D eigenvalue weighted by Crippen LogP contribution is -2.22. The summed E-state index contributed by atoms with van der Waals surface area (Å²) in [5, 5.41) is 0. The molecular weight excluding hydrogens is 360 g/mol. The first kappa shape index (κ1) is 20.0. The molecule has 2 aromatic rings. The van der Waals surface area contributed by atoms with E-state index in [0.717, 1.165) is 37.9 Å². The van der Waals surface area contributed by atoms with Gasteiger partial charge >= 0.3 is 0 Å². The Hall–Kier alpha value is -2.33. The van der Waals surface area contributed by atoms with E-state index in [2.05, 4.69) is 18.2 Å². The van der Waals surface area contributed by atoms with Crippen molar-refractivity contribution >= 4 is 5.91 Å². The predicted molar refractivity (Wildman–Crippen MR) is 116 cm³/mol. The zero-order valence-corrected chi connectivity index (χ0v) is 17.6. The predicted octanol–water partition coefficient (Wildman–Crippen LogP) is 4.17. The SMILES string of the molecule is CN(C)C(=O)c1cccc(OCC2CCc3cc(C4CCC(N)C4)ccc3C2)c1. The van der Waals surface area contributed by atoms with Gasteiger partial charge in [0, 0.05) is 25.7 Å². The molecule has 2 aliphatic carbocycles. The first-order chi connectivity index (χ1) is 14.0. The van der Waals surface area contributed by atoms with Gasteiger partial charge in [-0.05, 0) is 85.3 Å². The summed E-state index contributed by atoms with van der Waals surface area (Å²) in [6, 6.07) is 15.0. The molecule has 0 spiro atoms. The highest BCUT2D eigenvalue weighted by Gasteiger charge is 2.25. The molecule has 3 unspecified atom stereocenters. The molecule has 2 N–H and O–H groups in total. The van der Waals surface area contributed by atoms with Crippen molar-refractivity contribution in [2.45, 2.75) is 50.5 Å². The fourth-order valence-electron chi connectivity index (χ4n) is 4.76. The summed E-state index contributed by atoms with van der Waals surface area (Å²) >= 11 is 0. The first-order valence-electron chi connectivity index (χ1n) is 10.8. The fourth-order valence-corrected chi connectivity index (χ4v) is 4.76. The summed E-state index contributed by atoms with van der Waals surface area (Å²) in [6.45, 7) is 0.693. The lowest BCUT2D eigenvalue weighted by molar-refractivity contribution is 0.0827. The van der Waals surface area contributed by atoms with Gasteiger partial charge in [-0.1, -0.05) is 24.3 Å². The van der Waals surface area contributed by atoms with Crippen LogP contribution in [-0.4, -0.2) is 37.6 Å². The molecule has 3 atom stereocenters. The number of nitrogens with zero attached hydrogens (tertiary/aromatic N) is 1. The first-order valence-corrected chi connectivity index (χ1v) is 10.8. The Labute approximate surface area is 174 Å². The third kappa shape index (κ3) is 4.64. The molecule has 4 rings (SSSR count). The lowest BCUT2D eigenvalue weighted by Gasteiger charge is -2.26. The van der Waals surface area contributed by atoms with Gasteiger partial charge in [-0.15, -0.1) is 0 Å². The van der Waals surface area contributed by atoms with E-state index < -0.39 is 0 Å². The fraction of sp³-hybridized carbons (Fsp3) is 0.480. The van der Waals surface area contributed by atoms with Crippen LogP contribution in [0.4, 0.5) is 0 Å². The molecule has 0 bridgehead atoms. The lowest BCUT2D eigenvalue weighted by atomic mass is 9.82. The Kier molecular flexibility index (Phi) is 5.91. The molecule has 4 heteroatoms. The van der Waals surface area contributed by atoms with Gasteiger partial charge in [-0.2, -0.15) is 0 Å². The van der Waals surface area contributed by atoms with Crippen molar-refractivity contribution in [3.63, 3.8) is 0 Å². The topological polar surface area (TPSA) is 55.6 Å². The van der Waals surface area contributed by atoms with Crippen LogP contribution in [0.25, 0.3) is 0 Å². The molecule has 4 nitrogen and oxygen atoms in total. The molecule has 0 saturated heterocycles. The summed E-state index contributed by atoms with van der Waals surface area (Å²) in [5.74, 6) is 1.94. The number of rotatable bonds is 5. The Balaban J connectivity index is 1.36. The van der Waals surface area contributed by atoms with Crippen LogP contribution in [0.5, 0.6) is 5.75 Å². The number of carbonyl (C=O) groups is 1. The molecule has 1 saturated carbocycles. The maximum Gasteiger partial charge on any atom is 0.253 e. The van der Waals surface area contributed by atoms with E-state index >= 15 is 0 Å². The van der Waals surface area contributed by atoms with Crippen molar-refractivity contribution in [3.05, 3.63) is 64.7 Å². The Bertz CT molecular complexity index is 877. The van der Waals surface area contributed by atoms with Gasteiger partial charge in [0.2, 0.25) is 0 Å². The molecule has 2 aliphatic rings. The number of aryl methyl sites for hydroxylation is 1. The number of ether oxygens (including phenoxy) is 1. The van der Waals surface area contributed by atoms with Gasteiger partial charge in [0.25, 0.3) is 5.91 Å². The molecular formula is C25H32N2O2. The Morgan fingerprint density at radius 3 is 2.72 bits per heavy atom. The highest BCUT2D eigenvalue weighted by atomic mass is 16.5. The Morgan fingerprint density at radius 1 is 1.10 bits per heavy atom. The number of hydrogen-bond donors (Lipinski definition) is 1. The van der Waals surface area contributed by atoms with Crippen LogP contribution in [0, 0.1) is 5.92 Å². The van der Waals surface area contributed by atoms with E-state index in [1.807, 2.05) is 24.3 Å². The zero-order chi connectivity index (χ0) is 20.4. The van der Waals surface area contributed by atoms with Crippen molar-refractivity contribution in [2.24, 2.45) is 11.7 Å². The van der Waals surface area contributed by atoms with Gasteiger partial charge in [0.1, 0.15) is 5.75 Å². The van der Waals surface area contributed by atoms with Gasteiger partial charge in [0.15, 0.2) is 0 Å². The maximum absolute atomic E-state index is 12.1. The van der Waals surface area contributed by atoms with Gasteiger partial charge in [0.05, 0.1) is 6.61 Å². The number of fused-ring (bicyclic) bond motifs is 1. The number of nitrogens with two attached hydrogens (primary N) is 1. The van der Waals surface area contributed by atoms with Gasteiger partial charge in [-0.25, -0.2) is 0 Å². The minimum absolute atomic E-state index is 0.000988. The van der Waals surface area contributed by atoms with Crippen LogP contribution < -0.4 is 10.5 Å². The second kappa shape index (κ2) is 8.58. The molecule has 0 aromatic heterocycles. The third-order valence-corrected chi connectivity index (χ3v) is 6.48. The monoisotopic (exact) mass is 392 g/mol. The van der Waals surface area contributed by atoms with Gasteiger partial charge in [-0.3, -0.25) is 4.79 Å². The van der Waals surface area contributed by atoms with Crippen molar-refractivity contribution < 1.29 is 9.53 Å². The van der Waals surface area contributed by atoms with E-state index in [1.54, 1.807) is 19.0 Å². The third-order valence-electron chi connectivity index (χ3n) is 6.48. The summed E-state index contributed by atoms with van der Waals surface area (Å²) in [6.07, 6.45) is 6.85. The largest absolute Gasteiger partial charge is 0.493 e. The molecule has 2 aromatic carbocycles. The van der Waals surface area contributed by atoms with Crippen molar-refractivity contribution in [2.75, 3.05) is 20.7 Å². The second-order valence-electron chi connectivity index (χ2n) is 8.95. The van der Waals surface area contributed by atoms with Crippen LogP contribution in [0.3, 0.4) is 0 Å². The second-order valence-corrected chi connectivity index (χ2v) is 8.95.